The summed E-state index contributed by atoms with van der Waals surface area (Å²) in [6, 6.07) is 1.99. The smallest absolute Gasteiger partial charge is 0.329 e. The molecule has 116 valence electrons. The van der Waals surface area contributed by atoms with Crippen molar-refractivity contribution < 1.29 is 14.7 Å². The maximum atomic E-state index is 12.3. The average molecular weight is 293 g/mol. The SMILES string of the molecule is CCC(CC)n1nc(C(=O)NC2(C(=O)O)CCC2)cc1C. The van der Waals surface area contributed by atoms with E-state index >= 15 is 0 Å². The zero-order valence-electron chi connectivity index (χ0n) is 12.8. The molecule has 1 aliphatic carbocycles. The lowest BCUT2D eigenvalue weighted by atomic mass is 9.76. The van der Waals surface area contributed by atoms with Gasteiger partial charge in [0.1, 0.15) is 11.2 Å². The molecule has 1 amide bonds. The Kier molecular flexibility index (Phi) is 4.34. The molecule has 2 N–H and O–H groups in total. The van der Waals surface area contributed by atoms with Gasteiger partial charge in [0.15, 0.2) is 0 Å². The van der Waals surface area contributed by atoms with E-state index < -0.39 is 17.4 Å². The first-order valence-corrected chi connectivity index (χ1v) is 7.55. The molecule has 0 unspecified atom stereocenters. The molecule has 0 aromatic carbocycles. The van der Waals surface area contributed by atoms with Crippen LogP contribution in [0.3, 0.4) is 0 Å². The minimum atomic E-state index is -1.09. The molecular formula is C15H23N3O3. The Labute approximate surface area is 124 Å². The highest BCUT2D eigenvalue weighted by molar-refractivity contribution is 5.96. The van der Waals surface area contributed by atoms with Gasteiger partial charge in [-0.15, -0.1) is 0 Å². The number of carboxylic acid groups (broad SMARTS) is 1. The van der Waals surface area contributed by atoms with Crippen molar-refractivity contribution in [3.8, 4) is 0 Å². The first-order valence-electron chi connectivity index (χ1n) is 7.55. The Hall–Kier alpha value is -1.85. The topological polar surface area (TPSA) is 84.2 Å². The second-order valence-electron chi connectivity index (χ2n) is 5.78. The van der Waals surface area contributed by atoms with Crippen LogP contribution in [0, 0.1) is 6.92 Å². The number of carbonyl (C=O) groups excluding carboxylic acids is 1. The summed E-state index contributed by atoms with van der Waals surface area (Å²) >= 11 is 0. The van der Waals surface area contributed by atoms with Crippen molar-refractivity contribution in [2.45, 2.75) is 64.5 Å². The average Bonchev–Trinajstić information content (AvgIpc) is 2.77. The maximum Gasteiger partial charge on any atom is 0.329 e. The summed E-state index contributed by atoms with van der Waals surface area (Å²) in [5, 5.41) is 16.3. The van der Waals surface area contributed by atoms with Gasteiger partial charge < -0.3 is 10.4 Å². The molecule has 2 rings (SSSR count). The first-order chi connectivity index (χ1) is 9.93. The third kappa shape index (κ3) is 2.80. The van der Waals surface area contributed by atoms with Crippen molar-refractivity contribution in [3.63, 3.8) is 0 Å². The zero-order chi connectivity index (χ0) is 15.6. The van der Waals surface area contributed by atoms with Crippen molar-refractivity contribution in [1.29, 1.82) is 0 Å². The Morgan fingerprint density at radius 3 is 2.48 bits per heavy atom. The highest BCUT2D eigenvalue weighted by atomic mass is 16.4. The number of aromatic nitrogens is 2. The fourth-order valence-electron chi connectivity index (χ4n) is 2.81. The quantitative estimate of drug-likeness (QED) is 0.842. The van der Waals surface area contributed by atoms with Crippen LogP contribution in [-0.4, -0.2) is 32.3 Å². The number of aliphatic carboxylic acids is 1. The molecule has 0 radical (unpaired) electrons. The molecule has 1 saturated carbocycles. The van der Waals surface area contributed by atoms with Crippen LogP contribution in [0.4, 0.5) is 0 Å². The monoisotopic (exact) mass is 293 g/mol. The van der Waals surface area contributed by atoms with Crippen molar-refractivity contribution >= 4 is 11.9 Å². The van der Waals surface area contributed by atoms with Crippen LogP contribution >= 0.6 is 0 Å². The standard InChI is InChI=1S/C15H23N3O3/c1-4-11(5-2)18-10(3)9-12(17-18)13(19)16-15(14(20)21)7-6-8-15/h9,11H,4-8H2,1-3H3,(H,16,19)(H,20,21). The van der Waals surface area contributed by atoms with Crippen LogP contribution in [0.5, 0.6) is 0 Å². The van der Waals surface area contributed by atoms with Gasteiger partial charge in [-0.3, -0.25) is 9.48 Å². The fourth-order valence-corrected chi connectivity index (χ4v) is 2.81. The van der Waals surface area contributed by atoms with Gasteiger partial charge >= 0.3 is 5.97 Å². The minimum absolute atomic E-state index is 0.267. The number of aryl methyl sites for hydroxylation is 1. The van der Waals surface area contributed by atoms with E-state index in [4.69, 9.17) is 0 Å². The molecule has 0 saturated heterocycles. The predicted molar refractivity (Wildman–Crippen MR) is 78.3 cm³/mol. The fraction of sp³-hybridized carbons (Fsp3) is 0.667. The van der Waals surface area contributed by atoms with Gasteiger partial charge in [0.05, 0.1) is 6.04 Å². The predicted octanol–water partition coefficient (Wildman–Crippen LogP) is 2.29. The number of nitrogens with one attached hydrogen (secondary N) is 1. The van der Waals surface area contributed by atoms with E-state index in [9.17, 15) is 14.7 Å². The molecule has 1 fully saturated rings. The summed E-state index contributed by atoms with van der Waals surface area (Å²) in [6.07, 6.45) is 3.69. The molecular weight excluding hydrogens is 270 g/mol. The molecule has 1 heterocycles. The summed E-state index contributed by atoms with van der Waals surface area (Å²) in [5.41, 5.74) is 0.128. The van der Waals surface area contributed by atoms with E-state index in [2.05, 4.69) is 24.3 Å². The summed E-state index contributed by atoms with van der Waals surface area (Å²) in [7, 11) is 0. The largest absolute Gasteiger partial charge is 0.480 e. The second-order valence-corrected chi connectivity index (χ2v) is 5.78. The molecule has 1 aromatic rings. The van der Waals surface area contributed by atoms with E-state index in [1.807, 2.05) is 11.6 Å². The van der Waals surface area contributed by atoms with Crippen LogP contribution in [0.1, 0.15) is 68.2 Å². The van der Waals surface area contributed by atoms with Gasteiger partial charge in [-0.25, -0.2) is 4.79 Å². The number of amides is 1. The van der Waals surface area contributed by atoms with Crippen LogP contribution in [0.25, 0.3) is 0 Å². The van der Waals surface area contributed by atoms with Gasteiger partial charge in [0, 0.05) is 5.69 Å². The van der Waals surface area contributed by atoms with Gasteiger partial charge in [-0.05, 0) is 45.1 Å². The molecule has 6 nitrogen and oxygen atoms in total. The van der Waals surface area contributed by atoms with E-state index in [0.29, 0.717) is 18.5 Å². The number of rotatable bonds is 6. The Morgan fingerprint density at radius 2 is 2.05 bits per heavy atom. The minimum Gasteiger partial charge on any atom is -0.480 e. The summed E-state index contributed by atoms with van der Waals surface area (Å²) in [5.74, 6) is -1.36. The Bertz CT molecular complexity index is 542. The first kappa shape index (κ1) is 15.5. The molecule has 0 atom stereocenters. The van der Waals surface area contributed by atoms with Gasteiger partial charge in [-0.1, -0.05) is 13.8 Å². The van der Waals surface area contributed by atoms with Crippen molar-refractivity contribution in [3.05, 3.63) is 17.5 Å². The van der Waals surface area contributed by atoms with Crippen LogP contribution in [0.15, 0.2) is 6.07 Å². The van der Waals surface area contributed by atoms with Crippen molar-refractivity contribution in [2.24, 2.45) is 0 Å². The molecule has 0 aliphatic heterocycles. The van der Waals surface area contributed by atoms with E-state index in [1.165, 1.54) is 0 Å². The number of nitrogens with zero attached hydrogens (tertiary/aromatic N) is 2. The lowest BCUT2D eigenvalue weighted by Gasteiger charge is -2.37. The number of carbonyl (C=O) groups is 2. The molecule has 0 bridgehead atoms. The number of hydrogen-bond acceptors (Lipinski definition) is 3. The lowest BCUT2D eigenvalue weighted by molar-refractivity contribution is -0.148. The Morgan fingerprint density at radius 1 is 1.43 bits per heavy atom. The van der Waals surface area contributed by atoms with E-state index in [1.54, 1.807) is 6.07 Å². The maximum absolute atomic E-state index is 12.3. The number of carboxylic acids is 1. The van der Waals surface area contributed by atoms with Crippen molar-refractivity contribution in [1.82, 2.24) is 15.1 Å². The van der Waals surface area contributed by atoms with Gasteiger partial charge in [0.25, 0.3) is 5.91 Å². The van der Waals surface area contributed by atoms with E-state index in [-0.39, 0.29) is 6.04 Å². The van der Waals surface area contributed by atoms with Crippen LogP contribution in [-0.2, 0) is 4.79 Å². The van der Waals surface area contributed by atoms with Gasteiger partial charge in [-0.2, -0.15) is 5.10 Å². The van der Waals surface area contributed by atoms with E-state index in [0.717, 1.165) is 25.0 Å². The highest BCUT2D eigenvalue weighted by Gasteiger charge is 2.46. The molecule has 1 aliphatic rings. The summed E-state index contributed by atoms with van der Waals surface area (Å²) in [4.78, 5) is 23.6. The van der Waals surface area contributed by atoms with Gasteiger partial charge in [0.2, 0.25) is 0 Å². The molecule has 6 heteroatoms. The second kappa shape index (κ2) is 5.87. The van der Waals surface area contributed by atoms with Crippen molar-refractivity contribution in [2.75, 3.05) is 0 Å². The van der Waals surface area contributed by atoms with Crippen LogP contribution < -0.4 is 5.32 Å². The summed E-state index contributed by atoms with van der Waals surface area (Å²) < 4.78 is 1.86. The zero-order valence-corrected chi connectivity index (χ0v) is 12.8. The Balaban J connectivity index is 2.17. The number of hydrogen-bond donors (Lipinski definition) is 2. The summed E-state index contributed by atoms with van der Waals surface area (Å²) in [6.45, 7) is 6.09. The molecule has 0 spiro atoms. The third-order valence-electron chi connectivity index (χ3n) is 4.41. The van der Waals surface area contributed by atoms with Crippen LogP contribution in [0.2, 0.25) is 0 Å². The molecule has 21 heavy (non-hydrogen) atoms. The highest BCUT2D eigenvalue weighted by Crippen LogP contribution is 2.32. The third-order valence-corrected chi connectivity index (χ3v) is 4.41. The molecule has 1 aromatic heterocycles. The lowest BCUT2D eigenvalue weighted by Crippen LogP contribution is -2.59. The normalized spacial score (nSPS) is 16.6.